The topological polar surface area (TPSA) is 26.3 Å². The van der Waals surface area contributed by atoms with Gasteiger partial charge in [-0.3, -0.25) is 4.79 Å². The van der Waals surface area contributed by atoms with Gasteiger partial charge in [0.2, 0.25) is 0 Å². The van der Waals surface area contributed by atoms with Crippen LogP contribution in [0.5, 0.6) is 0 Å². The van der Waals surface area contributed by atoms with Crippen LogP contribution in [0.15, 0.2) is 0 Å². The van der Waals surface area contributed by atoms with Gasteiger partial charge in [0.1, 0.15) is 0 Å². The number of hydrogen-bond donors (Lipinski definition) is 0. The zero-order chi connectivity index (χ0) is 20.1. The first-order valence-corrected chi connectivity index (χ1v) is 13.0. The van der Waals surface area contributed by atoms with E-state index in [9.17, 15) is 4.79 Å². The number of esters is 1. The van der Waals surface area contributed by atoms with Gasteiger partial charge in [0.25, 0.3) is 0 Å². The molecule has 166 valence electrons. The zero-order valence-corrected chi connectivity index (χ0v) is 19.2. The second-order valence-corrected chi connectivity index (χ2v) is 9.21. The quantitative estimate of drug-likeness (QED) is 0.162. The van der Waals surface area contributed by atoms with E-state index in [4.69, 9.17) is 4.74 Å². The maximum absolute atomic E-state index is 11.8. The molecule has 1 aliphatic carbocycles. The number of rotatable bonds is 19. The van der Waals surface area contributed by atoms with Crippen molar-refractivity contribution in [3.8, 4) is 0 Å². The Bertz CT molecular complexity index is 333. The van der Waals surface area contributed by atoms with Crippen molar-refractivity contribution in [2.24, 2.45) is 5.92 Å². The van der Waals surface area contributed by atoms with E-state index in [2.05, 4.69) is 6.92 Å². The molecule has 1 saturated carbocycles. The molecule has 1 aliphatic rings. The van der Waals surface area contributed by atoms with Crippen LogP contribution in [0.25, 0.3) is 0 Å². The third-order valence-electron chi connectivity index (χ3n) is 6.50. The molecule has 0 unspecified atom stereocenters. The molecule has 0 aliphatic heterocycles. The summed E-state index contributed by atoms with van der Waals surface area (Å²) in [6.07, 6.45) is 29.0. The predicted molar refractivity (Wildman–Crippen MR) is 122 cm³/mol. The van der Waals surface area contributed by atoms with Crippen LogP contribution in [0.4, 0.5) is 0 Å². The third kappa shape index (κ3) is 16.4. The molecule has 0 saturated heterocycles. The fourth-order valence-electron chi connectivity index (χ4n) is 4.53. The summed E-state index contributed by atoms with van der Waals surface area (Å²) in [4.78, 5) is 11.8. The second kappa shape index (κ2) is 19.8. The van der Waals surface area contributed by atoms with E-state index in [1.165, 1.54) is 122 Å². The van der Waals surface area contributed by atoms with Crippen molar-refractivity contribution in [2.45, 2.75) is 148 Å². The van der Waals surface area contributed by atoms with Gasteiger partial charge in [-0.05, 0) is 18.8 Å². The van der Waals surface area contributed by atoms with Crippen LogP contribution in [0.3, 0.4) is 0 Å². The molecular weight excluding hydrogens is 344 g/mol. The highest BCUT2D eigenvalue weighted by atomic mass is 16.5. The van der Waals surface area contributed by atoms with E-state index >= 15 is 0 Å². The highest BCUT2D eigenvalue weighted by molar-refractivity contribution is 5.69. The van der Waals surface area contributed by atoms with Crippen LogP contribution in [-0.4, -0.2) is 12.6 Å². The first-order valence-electron chi connectivity index (χ1n) is 13.0. The maximum Gasteiger partial charge on any atom is 0.305 e. The number of hydrogen-bond acceptors (Lipinski definition) is 2. The highest BCUT2D eigenvalue weighted by Crippen LogP contribution is 2.26. The maximum atomic E-state index is 11.8. The predicted octanol–water partition coefficient (Wildman–Crippen LogP) is 8.76. The third-order valence-corrected chi connectivity index (χ3v) is 6.50. The van der Waals surface area contributed by atoms with E-state index < -0.39 is 0 Å². The summed E-state index contributed by atoms with van der Waals surface area (Å²) >= 11 is 0. The van der Waals surface area contributed by atoms with Gasteiger partial charge in [-0.25, -0.2) is 0 Å². The first-order chi connectivity index (χ1) is 13.8. The lowest BCUT2D eigenvalue weighted by atomic mass is 9.87. The number of carbonyl (C=O) groups is 1. The standard InChI is InChI=1S/C26H50O2/c1-2-3-4-5-6-7-8-9-10-11-12-13-14-15-19-22-26(27)28-24-23-25-20-17-16-18-21-25/h25H,2-24H2,1H3. The molecular formula is C26H50O2. The van der Waals surface area contributed by atoms with Crippen LogP contribution >= 0.6 is 0 Å². The van der Waals surface area contributed by atoms with Gasteiger partial charge < -0.3 is 4.74 Å². The zero-order valence-electron chi connectivity index (χ0n) is 19.2. The Hall–Kier alpha value is -0.530. The van der Waals surface area contributed by atoms with Crippen molar-refractivity contribution < 1.29 is 9.53 Å². The summed E-state index contributed by atoms with van der Waals surface area (Å²) < 4.78 is 5.42. The Morgan fingerprint density at radius 1 is 0.679 bits per heavy atom. The van der Waals surface area contributed by atoms with Gasteiger partial charge in [0.05, 0.1) is 6.61 Å². The van der Waals surface area contributed by atoms with E-state index in [0.717, 1.165) is 18.8 Å². The van der Waals surface area contributed by atoms with Crippen molar-refractivity contribution in [1.82, 2.24) is 0 Å². The van der Waals surface area contributed by atoms with Crippen LogP contribution in [0, 0.1) is 5.92 Å². The minimum atomic E-state index is 0.0329. The molecule has 1 fully saturated rings. The normalized spacial score (nSPS) is 15.0. The molecule has 0 N–H and O–H groups in total. The highest BCUT2D eigenvalue weighted by Gasteiger charge is 2.13. The average molecular weight is 395 g/mol. The van der Waals surface area contributed by atoms with Crippen LogP contribution in [0.2, 0.25) is 0 Å². The van der Waals surface area contributed by atoms with Crippen molar-refractivity contribution in [3.63, 3.8) is 0 Å². The molecule has 0 aromatic rings. The molecule has 0 spiro atoms. The Morgan fingerprint density at radius 3 is 1.64 bits per heavy atom. The number of unbranched alkanes of at least 4 members (excludes halogenated alkanes) is 14. The van der Waals surface area contributed by atoms with E-state index in [1.54, 1.807) is 0 Å². The monoisotopic (exact) mass is 394 g/mol. The largest absolute Gasteiger partial charge is 0.466 e. The van der Waals surface area contributed by atoms with E-state index in [1.807, 2.05) is 0 Å². The molecule has 0 atom stereocenters. The van der Waals surface area contributed by atoms with Crippen molar-refractivity contribution in [1.29, 1.82) is 0 Å². The smallest absolute Gasteiger partial charge is 0.305 e. The van der Waals surface area contributed by atoms with E-state index in [-0.39, 0.29) is 5.97 Å². The summed E-state index contributed by atoms with van der Waals surface area (Å²) in [5.74, 6) is 0.845. The van der Waals surface area contributed by atoms with Crippen molar-refractivity contribution in [2.75, 3.05) is 6.61 Å². The van der Waals surface area contributed by atoms with Gasteiger partial charge >= 0.3 is 5.97 Å². The van der Waals surface area contributed by atoms with Crippen LogP contribution in [0.1, 0.15) is 148 Å². The summed E-state index contributed by atoms with van der Waals surface area (Å²) in [5.41, 5.74) is 0. The number of carbonyl (C=O) groups excluding carboxylic acids is 1. The molecule has 0 radical (unpaired) electrons. The SMILES string of the molecule is CCCCCCCCCCCCCCCCCC(=O)OCCC1CCCCC1. The van der Waals surface area contributed by atoms with E-state index in [0.29, 0.717) is 13.0 Å². The molecule has 2 nitrogen and oxygen atoms in total. The lowest BCUT2D eigenvalue weighted by molar-refractivity contribution is -0.144. The molecule has 28 heavy (non-hydrogen) atoms. The molecule has 1 rings (SSSR count). The summed E-state index contributed by atoms with van der Waals surface area (Å²) in [6, 6.07) is 0. The summed E-state index contributed by atoms with van der Waals surface area (Å²) in [6.45, 7) is 2.94. The van der Waals surface area contributed by atoms with Gasteiger partial charge in [0.15, 0.2) is 0 Å². The lowest BCUT2D eigenvalue weighted by Crippen LogP contribution is -2.12. The van der Waals surface area contributed by atoms with Gasteiger partial charge in [-0.2, -0.15) is 0 Å². The Balaban J connectivity index is 1.72. The van der Waals surface area contributed by atoms with Gasteiger partial charge in [-0.15, -0.1) is 0 Å². The molecule has 0 heterocycles. The summed E-state index contributed by atoms with van der Waals surface area (Å²) in [7, 11) is 0. The first kappa shape index (κ1) is 25.5. The van der Waals surface area contributed by atoms with Crippen molar-refractivity contribution >= 4 is 5.97 Å². The molecule has 0 bridgehead atoms. The lowest BCUT2D eigenvalue weighted by Gasteiger charge is -2.21. The minimum absolute atomic E-state index is 0.0329. The Morgan fingerprint density at radius 2 is 1.14 bits per heavy atom. The molecule has 0 amide bonds. The second-order valence-electron chi connectivity index (χ2n) is 9.21. The Kier molecular flexibility index (Phi) is 18.0. The number of ether oxygens (including phenoxy) is 1. The van der Waals surface area contributed by atoms with Crippen LogP contribution < -0.4 is 0 Å². The fourth-order valence-corrected chi connectivity index (χ4v) is 4.53. The van der Waals surface area contributed by atoms with Gasteiger partial charge in [0, 0.05) is 6.42 Å². The van der Waals surface area contributed by atoms with Gasteiger partial charge in [-0.1, -0.05) is 129 Å². The minimum Gasteiger partial charge on any atom is -0.466 e. The van der Waals surface area contributed by atoms with Crippen molar-refractivity contribution in [3.05, 3.63) is 0 Å². The summed E-state index contributed by atoms with van der Waals surface area (Å²) in [5, 5.41) is 0. The molecule has 0 aromatic heterocycles. The van der Waals surface area contributed by atoms with Crippen LogP contribution in [-0.2, 0) is 9.53 Å². The fraction of sp³-hybridized carbons (Fsp3) is 0.962. The molecule has 0 aromatic carbocycles. The average Bonchev–Trinajstić information content (AvgIpc) is 2.71. The molecule has 2 heteroatoms. The Labute approximate surface area is 176 Å².